The van der Waals surface area contributed by atoms with Gasteiger partial charge in [-0.3, -0.25) is 9.10 Å². The van der Waals surface area contributed by atoms with Crippen LogP contribution in [0.5, 0.6) is 11.5 Å². The molecule has 3 rings (SSSR count). The number of benzene rings is 2. The van der Waals surface area contributed by atoms with E-state index in [1.807, 2.05) is 6.92 Å². The predicted molar refractivity (Wildman–Crippen MR) is 112 cm³/mol. The molecule has 0 saturated carbocycles. The number of nitrogens with zero attached hydrogens (tertiary/aromatic N) is 1. The van der Waals surface area contributed by atoms with Gasteiger partial charge in [0, 0.05) is 12.1 Å². The normalized spacial score (nSPS) is 16.7. The van der Waals surface area contributed by atoms with E-state index in [9.17, 15) is 13.2 Å². The Bertz CT molecular complexity index is 944. The molecule has 1 fully saturated rings. The van der Waals surface area contributed by atoms with E-state index in [0.717, 1.165) is 12.2 Å². The third-order valence-corrected chi connectivity index (χ3v) is 6.55. The van der Waals surface area contributed by atoms with E-state index >= 15 is 0 Å². The maximum absolute atomic E-state index is 12.6. The lowest BCUT2D eigenvalue weighted by molar-refractivity contribution is 0.0926. The highest BCUT2D eigenvalue weighted by molar-refractivity contribution is 7.92. The van der Waals surface area contributed by atoms with E-state index in [1.54, 1.807) is 55.6 Å². The van der Waals surface area contributed by atoms with Crippen LogP contribution in [0.3, 0.4) is 0 Å². The minimum atomic E-state index is -3.31. The van der Waals surface area contributed by atoms with Crippen LogP contribution in [0.4, 0.5) is 5.69 Å². The number of amides is 1. The second-order valence-electron chi connectivity index (χ2n) is 7.01. The van der Waals surface area contributed by atoms with Gasteiger partial charge in [-0.1, -0.05) is 6.07 Å². The van der Waals surface area contributed by atoms with Gasteiger partial charge in [-0.2, -0.15) is 0 Å². The average molecular weight is 419 g/mol. The maximum atomic E-state index is 12.6. The van der Waals surface area contributed by atoms with Gasteiger partial charge in [-0.25, -0.2) is 8.42 Å². The van der Waals surface area contributed by atoms with Crippen LogP contribution in [0.15, 0.2) is 48.5 Å². The van der Waals surface area contributed by atoms with Crippen molar-refractivity contribution in [2.75, 3.05) is 30.3 Å². The van der Waals surface area contributed by atoms with E-state index in [0.29, 0.717) is 36.6 Å². The first kappa shape index (κ1) is 21.0. The number of sulfonamides is 1. The van der Waals surface area contributed by atoms with Crippen molar-refractivity contribution in [3.63, 3.8) is 0 Å². The number of ether oxygens (including phenoxy) is 2. The molecule has 1 amide bonds. The molecule has 29 heavy (non-hydrogen) atoms. The van der Waals surface area contributed by atoms with Gasteiger partial charge in [-0.05, 0) is 62.2 Å². The standard InChI is InChI=1S/C21H26N2O5S/c1-16(15-28-20-10-8-19(27-2)9-11-20)22-21(24)17-6-5-7-18(14-17)23-12-3-4-13-29(23,25)26/h5-11,14,16H,3-4,12-13,15H2,1-2H3,(H,22,24)/t16-/m1/s1. The van der Waals surface area contributed by atoms with Crippen LogP contribution in [0, 0.1) is 0 Å². The summed E-state index contributed by atoms with van der Waals surface area (Å²) in [7, 11) is -1.71. The molecule has 1 heterocycles. The van der Waals surface area contributed by atoms with Crippen LogP contribution in [-0.4, -0.2) is 46.4 Å². The fourth-order valence-corrected chi connectivity index (χ4v) is 4.75. The minimum absolute atomic E-state index is 0.142. The topological polar surface area (TPSA) is 84.9 Å². The highest BCUT2D eigenvalue weighted by Crippen LogP contribution is 2.24. The number of hydrogen-bond acceptors (Lipinski definition) is 5. The Kier molecular flexibility index (Phi) is 6.64. The number of anilines is 1. The van der Waals surface area contributed by atoms with Crippen molar-refractivity contribution in [3.05, 3.63) is 54.1 Å². The third kappa shape index (κ3) is 5.41. The molecule has 1 N–H and O–H groups in total. The summed E-state index contributed by atoms with van der Waals surface area (Å²) in [5.74, 6) is 1.30. The van der Waals surface area contributed by atoms with Crippen LogP contribution < -0.4 is 19.1 Å². The molecule has 1 atom stereocenters. The van der Waals surface area contributed by atoms with Crippen molar-refractivity contribution in [2.24, 2.45) is 0 Å². The van der Waals surface area contributed by atoms with E-state index < -0.39 is 10.0 Å². The van der Waals surface area contributed by atoms with Crippen LogP contribution >= 0.6 is 0 Å². The van der Waals surface area contributed by atoms with E-state index in [2.05, 4.69) is 5.32 Å². The first-order chi connectivity index (χ1) is 13.9. The van der Waals surface area contributed by atoms with Gasteiger partial charge in [0.1, 0.15) is 18.1 Å². The lowest BCUT2D eigenvalue weighted by Crippen LogP contribution is -2.38. The molecule has 2 aromatic carbocycles. The number of rotatable bonds is 7. The lowest BCUT2D eigenvalue weighted by atomic mass is 10.1. The molecule has 0 spiro atoms. The first-order valence-corrected chi connectivity index (χ1v) is 11.2. The summed E-state index contributed by atoms with van der Waals surface area (Å²) >= 11 is 0. The number of methoxy groups -OCH3 is 1. The molecule has 2 aromatic rings. The molecule has 1 aliphatic rings. The highest BCUT2D eigenvalue weighted by atomic mass is 32.2. The second kappa shape index (κ2) is 9.17. The summed E-state index contributed by atoms with van der Waals surface area (Å²) in [5, 5.41) is 2.88. The number of nitrogens with one attached hydrogen (secondary N) is 1. The molecule has 0 radical (unpaired) electrons. The SMILES string of the molecule is COc1ccc(OC[C@@H](C)NC(=O)c2cccc(N3CCCCS3(=O)=O)c2)cc1. The molecular weight excluding hydrogens is 392 g/mol. The van der Waals surface area contributed by atoms with E-state index in [4.69, 9.17) is 9.47 Å². The molecule has 1 saturated heterocycles. The summed E-state index contributed by atoms with van der Waals surface area (Å²) in [5.41, 5.74) is 0.944. The molecular formula is C21H26N2O5S. The van der Waals surface area contributed by atoms with Crippen molar-refractivity contribution in [1.82, 2.24) is 5.32 Å². The molecule has 7 nitrogen and oxygen atoms in total. The van der Waals surface area contributed by atoms with Crippen molar-refractivity contribution in [3.8, 4) is 11.5 Å². The van der Waals surface area contributed by atoms with Gasteiger partial charge in [0.2, 0.25) is 10.0 Å². The Morgan fingerprint density at radius 1 is 1.14 bits per heavy atom. The number of carbonyl (C=O) groups excluding carboxylic acids is 1. The van der Waals surface area contributed by atoms with Crippen LogP contribution in [0.1, 0.15) is 30.1 Å². The van der Waals surface area contributed by atoms with Crippen molar-refractivity contribution >= 4 is 21.6 Å². The summed E-state index contributed by atoms with van der Waals surface area (Å²) < 4.78 is 36.8. The summed E-state index contributed by atoms with van der Waals surface area (Å²) in [4.78, 5) is 12.6. The zero-order valence-corrected chi connectivity index (χ0v) is 17.4. The van der Waals surface area contributed by atoms with Gasteiger partial charge < -0.3 is 14.8 Å². The Morgan fingerprint density at radius 3 is 2.55 bits per heavy atom. The molecule has 0 unspecified atom stereocenters. The Balaban J connectivity index is 1.59. The van der Waals surface area contributed by atoms with Crippen LogP contribution in [0.25, 0.3) is 0 Å². The Morgan fingerprint density at radius 2 is 1.86 bits per heavy atom. The smallest absolute Gasteiger partial charge is 0.251 e. The van der Waals surface area contributed by atoms with E-state index in [-0.39, 0.29) is 17.7 Å². The van der Waals surface area contributed by atoms with Gasteiger partial charge in [0.25, 0.3) is 5.91 Å². The molecule has 8 heteroatoms. The minimum Gasteiger partial charge on any atom is -0.497 e. The maximum Gasteiger partial charge on any atom is 0.251 e. The van der Waals surface area contributed by atoms with Gasteiger partial charge in [-0.15, -0.1) is 0 Å². The quantitative estimate of drug-likeness (QED) is 0.747. The predicted octanol–water partition coefficient (Wildman–Crippen LogP) is 2.82. The molecule has 0 aliphatic carbocycles. The van der Waals surface area contributed by atoms with Crippen molar-refractivity contribution in [2.45, 2.75) is 25.8 Å². The first-order valence-electron chi connectivity index (χ1n) is 9.57. The largest absolute Gasteiger partial charge is 0.497 e. The molecule has 1 aliphatic heterocycles. The molecule has 0 aromatic heterocycles. The summed E-state index contributed by atoms with van der Waals surface area (Å²) in [6.45, 7) is 2.60. The van der Waals surface area contributed by atoms with E-state index in [1.165, 1.54) is 4.31 Å². The van der Waals surface area contributed by atoms with Crippen molar-refractivity contribution in [1.29, 1.82) is 0 Å². The lowest BCUT2D eigenvalue weighted by Gasteiger charge is -2.28. The average Bonchev–Trinajstić information content (AvgIpc) is 2.72. The van der Waals surface area contributed by atoms with Crippen LogP contribution in [0.2, 0.25) is 0 Å². The molecule has 156 valence electrons. The fraction of sp³-hybridized carbons (Fsp3) is 0.381. The summed E-state index contributed by atoms with van der Waals surface area (Å²) in [6.07, 6.45) is 1.49. The van der Waals surface area contributed by atoms with Gasteiger partial charge in [0.15, 0.2) is 0 Å². The monoisotopic (exact) mass is 418 g/mol. The van der Waals surface area contributed by atoms with Crippen molar-refractivity contribution < 1.29 is 22.7 Å². The molecule has 0 bridgehead atoms. The number of carbonyl (C=O) groups is 1. The summed E-state index contributed by atoms with van der Waals surface area (Å²) in [6, 6.07) is 13.7. The third-order valence-electron chi connectivity index (χ3n) is 4.68. The van der Waals surface area contributed by atoms with Crippen LogP contribution in [-0.2, 0) is 10.0 Å². The fourth-order valence-electron chi connectivity index (χ4n) is 3.12. The zero-order chi connectivity index (χ0) is 20.9. The number of hydrogen-bond donors (Lipinski definition) is 1. The second-order valence-corrected chi connectivity index (χ2v) is 9.02. The van der Waals surface area contributed by atoms with Gasteiger partial charge >= 0.3 is 0 Å². The Labute approximate surface area is 171 Å². The zero-order valence-electron chi connectivity index (χ0n) is 16.6. The highest BCUT2D eigenvalue weighted by Gasteiger charge is 2.26. The Hall–Kier alpha value is -2.74. The van der Waals surface area contributed by atoms with Gasteiger partial charge in [0.05, 0.1) is 24.6 Å².